The van der Waals surface area contributed by atoms with E-state index in [1.165, 1.54) is 0 Å². The third-order valence-corrected chi connectivity index (χ3v) is 3.13. The zero-order valence-electron chi connectivity index (χ0n) is 10.7. The number of hydrogen-bond acceptors (Lipinski definition) is 3. The Morgan fingerprint density at radius 2 is 1.37 bits per heavy atom. The Kier molecular flexibility index (Phi) is 5.10. The molecule has 2 aromatic rings. The summed E-state index contributed by atoms with van der Waals surface area (Å²) in [6.45, 7) is 0.412. The van der Waals surface area contributed by atoms with Gasteiger partial charge in [0.1, 0.15) is 0 Å². The lowest BCUT2D eigenvalue weighted by atomic mass is 10.1. The molecule has 0 heterocycles. The standard InChI is InChI=1S/C16H19NO2/c18-12-15(13-7-3-1-4-8-13)17-11-16(19)14-9-5-2-6-10-14/h1-10,15-19H,11-12H2. The first-order valence-electron chi connectivity index (χ1n) is 6.43. The Morgan fingerprint density at radius 1 is 0.842 bits per heavy atom. The van der Waals surface area contributed by atoms with E-state index in [1.807, 2.05) is 60.7 Å². The molecule has 0 saturated heterocycles. The second-order valence-corrected chi connectivity index (χ2v) is 4.48. The fourth-order valence-corrected chi connectivity index (χ4v) is 2.02. The van der Waals surface area contributed by atoms with Gasteiger partial charge in [-0.1, -0.05) is 60.7 Å². The van der Waals surface area contributed by atoms with E-state index in [0.717, 1.165) is 11.1 Å². The molecular weight excluding hydrogens is 238 g/mol. The summed E-state index contributed by atoms with van der Waals surface area (Å²) >= 11 is 0. The Bertz CT molecular complexity index is 473. The first-order valence-corrected chi connectivity index (χ1v) is 6.43. The zero-order valence-corrected chi connectivity index (χ0v) is 10.7. The first-order chi connectivity index (χ1) is 9.31. The van der Waals surface area contributed by atoms with Gasteiger partial charge in [0.15, 0.2) is 0 Å². The highest BCUT2D eigenvalue weighted by Gasteiger charge is 2.12. The maximum absolute atomic E-state index is 10.1. The summed E-state index contributed by atoms with van der Waals surface area (Å²) in [6, 6.07) is 19.1. The largest absolute Gasteiger partial charge is 0.394 e. The Balaban J connectivity index is 1.94. The predicted molar refractivity (Wildman–Crippen MR) is 75.7 cm³/mol. The minimum atomic E-state index is -0.570. The zero-order chi connectivity index (χ0) is 13.5. The van der Waals surface area contributed by atoms with Crippen molar-refractivity contribution in [3.63, 3.8) is 0 Å². The van der Waals surface area contributed by atoms with Gasteiger partial charge in [-0.2, -0.15) is 0 Å². The molecule has 2 unspecified atom stereocenters. The second-order valence-electron chi connectivity index (χ2n) is 4.48. The highest BCUT2D eigenvalue weighted by molar-refractivity contribution is 5.20. The summed E-state index contributed by atoms with van der Waals surface area (Å²) in [5, 5.41) is 22.7. The van der Waals surface area contributed by atoms with Crippen LogP contribution in [0.1, 0.15) is 23.3 Å². The van der Waals surface area contributed by atoms with Crippen LogP contribution in [0.3, 0.4) is 0 Å². The highest BCUT2D eigenvalue weighted by atomic mass is 16.3. The summed E-state index contributed by atoms with van der Waals surface area (Å²) in [6.07, 6.45) is -0.570. The molecule has 0 bridgehead atoms. The summed E-state index contributed by atoms with van der Waals surface area (Å²) in [4.78, 5) is 0. The molecule has 3 N–H and O–H groups in total. The van der Waals surface area contributed by atoms with Crippen molar-refractivity contribution in [3.05, 3.63) is 71.8 Å². The second kappa shape index (κ2) is 7.04. The van der Waals surface area contributed by atoms with Crippen LogP contribution in [0.4, 0.5) is 0 Å². The van der Waals surface area contributed by atoms with Crippen LogP contribution in [0.25, 0.3) is 0 Å². The van der Waals surface area contributed by atoms with Crippen molar-refractivity contribution in [1.29, 1.82) is 0 Å². The third-order valence-electron chi connectivity index (χ3n) is 3.13. The van der Waals surface area contributed by atoms with Gasteiger partial charge >= 0.3 is 0 Å². The van der Waals surface area contributed by atoms with Crippen LogP contribution in [0.2, 0.25) is 0 Å². The van der Waals surface area contributed by atoms with Gasteiger partial charge in [0, 0.05) is 6.54 Å². The van der Waals surface area contributed by atoms with E-state index in [0.29, 0.717) is 6.54 Å². The molecule has 0 aliphatic carbocycles. The van der Waals surface area contributed by atoms with Crippen molar-refractivity contribution in [2.75, 3.05) is 13.2 Å². The van der Waals surface area contributed by atoms with E-state index >= 15 is 0 Å². The lowest BCUT2D eigenvalue weighted by Crippen LogP contribution is -2.28. The van der Waals surface area contributed by atoms with Crippen molar-refractivity contribution in [3.8, 4) is 0 Å². The highest BCUT2D eigenvalue weighted by Crippen LogP contribution is 2.15. The fraction of sp³-hybridized carbons (Fsp3) is 0.250. The van der Waals surface area contributed by atoms with Crippen molar-refractivity contribution < 1.29 is 10.2 Å². The van der Waals surface area contributed by atoms with Crippen LogP contribution in [0.5, 0.6) is 0 Å². The van der Waals surface area contributed by atoms with Gasteiger partial charge in [-0.05, 0) is 11.1 Å². The molecule has 0 radical (unpaired) electrons. The van der Waals surface area contributed by atoms with Gasteiger partial charge < -0.3 is 15.5 Å². The Labute approximate surface area is 113 Å². The quantitative estimate of drug-likeness (QED) is 0.742. The molecule has 0 aliphatic rings. The maximum Gasteiger partial charge on any atom is 0.0914 e. The van der Waals surface area contributed by atoms with E-state index in [4.69, 9.17) is 0 Å². The molecule has 0 fully saturated rings. The topological polar surface area (TPSA) is 52.5 Å². The van der Waals surface area contributed by atoms with Crippen molar-refractivity contribution in [2.24, 2.45) is 0 Å². The van der Waals surface area contributed by atoms with E-state index in [-0.39, 0.29) is 12.6 Å². The fourth-order valence-electron chi connectivity index (χ4n) is 2.02. The van der Waals surface area contributed by atoms with Gasteiger partial charge in [-0.3, -0.25) is 0 Å². The van der Waals surface area contributed by atoms with Gasteiger partial charge in [-0.15, -0.1) is 0 Å². The van der Waals surface area contributed by atoms with Crippen LogP contribution in [-0.2, 0) is 0 Å². The number of aliphatic hydroxyl groups excluding tert-OH is 2. The molecule has 3 heteroatoms. The van der Waals surface area contributed by atoms with Gasteiger partial charge in [0.25, 0.3) is 0 Å². The third kappa shape index (κ3) is 3.89. The number of rotatable bonds is 6. The number of benzene rings is 2. The molecule has 2 atom stereocenters. The average molecular weight is 257 g/mol. The van der Waals surface area contributed by atoms with Crippen LogP contribution in [0, 0.1) is 0 Å². The Morgan fingerprint density at radius 3 is 1.89 bits per heavy atom. The molecule has 100 valence electrons. The minimum Gasteiger partial charge on any atom is -0.394 e. The first kappa shape index (κ1) is 13.7. The van der Waals surface area contributed by atoms with Crippen molar-refractivity contribution in [2.45, 2.75) is 12.1 Å². The van der Waals surface area contributed by atoms with Crippen molar-refractivity contribution in [1.82, 2.24) is 5.32 Å². The van der Waals surface area contributed by atoms with Gasteiger partial charge in [-0.25, -0.2) is 0 Å². The monoisotopic (exact) mass is 257 g/mol. The smallest absolute Gasteiger partial charge is 0.0914 e. The SMILES string of the molecule is OCC(NCC(O)c1ccccc1)c1ccccc1. The van der Waals surface area contributed by atoms with Crippen LogP contribution < -0.4 is 5.32 Å². The normalized spacial score (nSPS) is 14.0. The molecule has 0 aromatic heterocycles. The van der Waals surface area contributed by atoms with E-state index in [2.05, 4.69) is 5.32 Å². The van der Waals surface area contributed by atoms with Gasteiger partial charge in [0.05, 0.1) is 18.8 Å². The molecule has 3 nitrogen and oxygen atoms in total. The summed E-state index contributed by atoms with van der Waals surface area (Å²) in [5.74, 6) is 0. The lowest BCUT2D eigenvalue weighted by Gasteiger charge is -2.19. The number of hydrogen-bond donors (Lipinski definition) is 3. The molecule has 2 rings (SSSR count). The molecule has 0 amide bonds. The minimum absolute atomic E-state index is 0.00548. The molecule has 0 saturated carbocycles. The lowest BCUT2D eigenvalue weighted by molar-refractivity contribution is 0.159. The Hall–Kier alpha value is -1.68. The summed E-state index contributed by atoms with van der Waals surface area (Å²) in [5.41, 5.74) is 1.89. The van der Waals surface area contributed by atoms with Crippen LogP contribution in [0.15, 0.2) is 60.7 Å². The molecule has 0 spiro atoms. The summed E-state index contributed by atoms with van der Waals surface area (Å²) < 4.78 is 0. The molecule has 0 aliphatic heterocycles. The maximum atomic E-state index is 10.1. The predicted octanol–water partition coefficient (Wildman–Crippen LogP) is 2.04. The van der Waals surface area contributed by atoms with Crippen molar-refractivity contribution >= 4 is 0 Å². The molecular formula is C16H19NO2. The van der Waals surface area contributed by atoms with E-state index in [1.54, 1.807) is 0 Å². The molecule has 2 aromatic carbocycles. The van der Waals surface area contributed by atoms with E-state index < -0.39 is 6.10 Å². The average Bonchev–Trinajstić information content (AvgIpc) is 2.49. The molecule has 19 heavy (non-hydrogen) atoms. The number of nitrogens with one attached hydrogen (secondary N) is 1. The van der Waals surface area contributed by atoms with E-state index in [9.17, 15) is 10.2 Å². The summed E-state index contributed by atoms with van der Waals surface area (Å²) in [7, 11) is 0. The van der Waals surface area contributed by atoms with Crippen LogP contribution >= 0.6 is 0 Å². The van der Waals surface area contributed by atoms with Gasteiger partial charge in [0.2, 0.25) is 0 Å². The van der Waals surface area contributed by atoms with Crippen LogP contribution in [-0.4, -0.2) is 23.4 Å². The number of aliphatic hydroxyl groups is 2.